The second kappa shape index (κ2) is 6.10. The van der Waals surface area contributed by atoms with E-state index in [2.05, 4.69) is 6.07 Å². The Morgan fingerprint density at radius 3 is 3.11 bits per heavy atom. The van der Waals surface area contributed by atoms with E-state index in [0.29, 0.717) is 12.3 Å². The third kappa shape index (κ3) is 2.78. The first kappa shape index (κ1) is 13.2. The molecule has 1 heterocycles. The Bertz CT molecular complexity index is 422. The van der Waals surface area contributed by atoms with Crippen molar-refractivity contribution in [1.82, 2.24) is 4.90 Å². The minimum atomic E-state index is 0.148. The molecule has 0 aliphatic carbocycles. The van der Waals surface area contributed by atoms with E-state index in [1.165, 1.54) is 0 Å². The molecule has 0 N–H and O–H groups in total. The van der Waals surface area contributed by atoms with Gasteiger partial charge in [0.15, 0.2) is 0 Å². The number of benzene rings is 1. The number of nitrogens with zero attached hydrogens (tertiary/aromatic N) is 1. The zero-order valence-corrected chi connectivity index (χ0v) is 11.3. The molecule has 1 aromatic rings. The topological polar surface area (TPSA) is 29.5 Å². The van der Waals surface area contributed by atoms with Crippen LogP contribution in [0.3, 0.4) is 0 Å². The summed E-state index contributed by atoms with van der Waals surface area (Å²) in [4.78, 5) is 13.9. The second-order valence-electron chi connectivity index (χ2n) is 4.46. The van der Waals surface area contributed by atoms with E-state index in [0.717, 1.165) is 30.7 Å². The van der Waals surface area contributed by atoms with Crippen molar-refractivity contribution in [1.29, 1.82) is 0 Å². The Kier molecular flexibility index (Phi) is 4.48. The smallest absolute Gasteiger partial charge is 0.224 e. The quantitative estimate of drug-likeness (QED) is 0.785. The third-order valence-electron chi connectivity index (χ3n) is 3.36. The van der Waals surface area contributed by atoms with Crippen molar-refractivity contribution < 1.29 is 9.53 Å². The number of hydrogen-bond donors (Lipinski definition) is 0. The molecule has 1 aliphatic rings. The number of hydrogen-bond acceptors (Lipinski definition) is 2. The van der Waals surface area contributed by atoms with Crippen LogP contribution in [0.1, 0.15) is 30.9 Å². The predicted octanol–water partition coefficient (Wildman–Crippen LogP) is 2.99. The Morgan fingerprint density at radius 2 is 2.39 bits per heavy atom. The standard InChI is InChI=1S/C14H18ClNO2/c1-18-12-5-2-4-11(10-12)13-6-3-9-16(13)14(17)7-8-15/h2,4-5,10,13H,3,6-9H2,1H3. The lowest BCUT2D eigenvalue weighted by Gasteiger charge is -2.25. The molecule has 18 heavy (non-hydrogen) atoms. The van der Waals surface area contributed by atoms with Crippen LogP contribution in [0.15, 0.2) is 24.3 Å². The summed E-state index contributed by atoms with van der Waals surface area (Å²) in [6.45, 7) is 0.831. The van der Waals surface area contributed by atoms with Gasteiger partial charge in [0.1, 0.15) is 5.75 Å². The highest BCUT2D eigenvalue weighted by atomic mass is 35.5. The summed E-state index contributed by atoms with van der Waals surface area (Å²) < 4.78 is 5.23. The van der Waals surface area contributed by atoms with Gasteiger partial charge in [0.2, 0.25) is 5.91 Å². The Labute approximate surface area is 113 Å². The van der Waals surface area contributed by atoms with E-state index in [9.17, 15) is 4.79 Å². The molecule has 0 saturated carbocycles. The molecule has 1 unspecified atom stereocenters. The lowest BCUT2D eigenvalue weighted by molar-refractivity contribution is -0.131. The zero-order valence-electron chi connectivity index (χ0n) is 10.6. The second-order valence-corrected chi connectivity index (χ2v) is 4.84. The van der Waals surface area contributed by atoms with E-state index in [4.69, 9.17) is 16.3 Å². The molecule has 1 saturated heterocycles. The average molecular weight is 268 g/mol. The highest BCUT2D eigenvalue weighted by Crippen LogP contribution is 2.33. The fourth-order valence-corrected chi connectivity index (χ4v) is 2.65. The number of alkyl halides is 1. The van der Waals surface area contributed by atoms with E-state index in [1.54, 1.807) is 7.11 Å². The average Bonchev–Trinajstić information content (AvgIpc) is 2.88. The number of likely N-dealkylation sites (tertiary alicyclic amines) is 1. The van der Waals surface area contributed by atoms with Crippen LogP contribution < -0.4 is 4.74 Å². The van der Waals surface area contributed by atoms with Crippen molar-refractivity contribution in [3.8, 4) is 5.75 Å². The van der Waals surface area contributed by atoms with Crippen molar-refractivity contribution >= 4 is 17.5 Å². The molecule has 0 spiro atoms. The van der Waals surface area contributed by atoms with Crippen molar-refractivity contribution in [3.63, 3.8) is 0 Å². The molecule has 4 heteroatoms. The monoisotopic (exact) mass is 267 g/mol. The number of ether oxygens (including phenoxy) is 1. The molecule has 1 amide bonds. The fraction of sp³-hybridized carbons (Fsp3) is 0.500. The Hall–Kier alpha value is -1.22. The Balaban J connectivity index is 2.17. The molecule has 1 atom stereocenters. The molecular formula is C14H18ClNO2. The molecule has 0 radical (unpaired) electrons. The zero-order chi connectivity index (χ0) is 13.0. The van der Waals surface area contributed by atoms with Crippen LogP contribution in [-0.2, 0) is 4.79 Å². The van der Waals surface area contributed by atoms with Crippen molar-refractivity contribution in [2.75, 3.05) is 19.5 Å². The summed E-state index contributed by atoms with van der Waals surface area (Å²) in [5.41, 5.74) is 1.15. The molecule has 1 aromatic carbocycles. The maximum Gasteiger partial charge on any atom is 0.224 e. The van der Waals surface area contributed by atoms with Crippen LogP contribution in [0.25, 0.3) is 0 Å². The van der Waals surface area contributed by atoms with Gasteiger partial charge < -0.3 is 9.64 Å². The SMILES string of the molecule is COc1cccc(C2CCCN2C(=O)CCCl)c1. The van der Waals surface area contributed by atoms with Gasteiger partial charge in [0.05, 0.1) is 13.2 Å². The van der Waals surface area contributed by atoms with Crippen molar-refractivity contribution in [3.05, 3.63) is 29.8 Å². The molecule has 0 aromatic heterocycles. The number of carbonyl (C=O) groups excluding carboxylic acids is 1. The highest BCUT2D eigenvalue weighted by Gasteiger charge is 2.29. The normalized spacial score (nSPS) is 19.0. The van der Waals surface area contributed by atoms with Gasteiger partial charge in [0, 0.05) is 18.8 Å². The highest BCUT2D eigenvalue weighted by molar-refractivity contribution is 6.18. The molecule has 3 nitrogen and oxygen atoms in total. The van der Waals surface area contributed by atoms with Crippen LogP contribution >= 0.6 is 11.6 Å². The first-order chi connectivity index (χ1) is 8.76. The number of rotatable bonds is 4. The van der Waals surface area contributed by atoms with Gasteiger partial charge in [-0.3, -0.25) is 4.79 Å². The van der Waals surface area contributed by atoms with Gasteiger partial charge in [-0.25, -0.2) is 0 Å². The summed E-state index contributed by atoms with van der Waals surface area (Å²) in [6.07, 6.45) is 2.49. The summed E-state index contributed by atoms with van der Waals surface area (Å²) in [6, 6.07) is 8.13. The summed E-state index contributed by atoms with van der Waals surface area (Å²) in [5.74, 6) is 1.37. The van der Waals surface area contributed by atoms with E-state index in [1.807, 2.05) is 23.1 Å². The molecule has 1 aliphatic heterocycles. The lowest BCUT2D eigenvalue weighted by atomic mass is 10.0. The number of methoxy groups -OCH3 is 1. The maximum atomic E-state index is 12.0. The summed E-state index contributed by atoms with van der Waals surface area (Å²) >= 11 is 5.65. The first-order valence-corrected chi connectivity index (χ1v) is 6.79. The van der Waals surface area contributed by atoms with Gasteiger partial charge in [-0.05, 0) is 30.5 Å². The third-order valence-corrected chi connectivity index (χ3v) is 3.55. The van der Waals surface area contributed by atoms with Gasteiger partial charge in [-0.15, -0.1) is 11.6 Å². The lowest BCUT2D eigenvalue weighted by Crippen LogP contribution is -2.30. The Morgan fingerprint density at radius 1 is 1.56 bits per heavy atom. The minimum absolute atomic E-state index is 0.148. The van der Waals surface area contributed by atoms with Gasteiger partial charge >= 0.3 is 0 Å². The van der Waals surface area contributed by atoms with Gasteiger partial charge in [-0.1, -0.05) is 12.1 Å². The number of halogens is 1. The minimum Gasteiger partial charge on any atom is -0.497 e. The van der Waals surface area contributed by atoms with Crippen LogP contribution in [0, 0.1) is 0 Å². The molecule has 2 rings (SSSR count). The number of amides is 1. The van der Waals surface area contributed by atoms with Crippen LogP contribution in [0.2, 0.25) is 0 Å². The van der Waals surface area contributed by atoms with Crippen LogP contribution in [0.5, 0.6) is 5.75 Å². The largest absolute Gasteiger partial charge is 0.497 e. The van der Waals surface area contributed by atoms with Crippen LogP contribution in [-0.4, -0.2) is 30.3 Å². The summed E-state index contributed by atoms with van der Waals surface area (Å²) in [5, 5.41) is 0. The maximum absolute atomic E-state index is 12.0. The van der Waals surface area contributed by atoms with Crippen molar-refractivity contribution in [2.24, 2.45) is 0 Å². The van der Waals surface area contributed by atoms with E-state index >= 15 is 0 Å². The van der Waals surface area contributed by atoms with Crippen molar-refractivity contribution in [2.45, 2.75) is 25.3 Å². The first-order valence-electron chi connectivity index (χ1n) is 6.25. The van der Waals surface area contributed by atoms with E-state index in [-0.39, 0.29) is 11.9 Å². The molecular weight excluding hydrogens is 250 g/mol. The van der Waals surface area contributed by atoms with Crippen LogP contribution in [0.4, 0.5) is 0 Å². The van der Waals surface area contributed by atoms with Gasteiger partial charge in [-0.2, -0.15) is 0 Å². The van der Waals surface area contributed by atoms with E-state index < -0.39 is 0 Å². The van der Waals surface area contributed by atoms with Gasteiger partial charge in [0.25, 0.3) is 0 Å². The molecule has 98 valence electrons. The predicted molar refractivity (Wildman–Crippen MR) is 72.0 cm³/mol. The molecule has 1 fully saturated rings. The molecule has 0 bridgehead atoms. The fourth-order valence-electron chi connectivity index (χ4n) is 2.49. The summed E-state index contributed by atoms with van der Waals surface area (Å²) in [7, 11) is 1.66. The number of carbonyl (C=O) groups is 1.